The van der Waals surface area contributed by atoms with Crippen LogP contribution in [0.2, 0.25) is 0 Å². The summed E-state index contributed by atoms with van der Waals surface area (Å²) in [7, 11) is 0. The van der Waals surface area contributed by atoms with Crippen LogP contribution in [0.25, 0.3) is 0 Å². The Hall–Kier alpha value is -0.790. The van der Waals surface area contributed by atoms with Crippen molar-refractivity contribution in [1.82, 2.24) is 0 Å². The predicted octanol–water partition coefficient (Wildman–Crippen LogP) is 2.75. The monoisotopic (exact) mass is 183 g/mol. The van der Waals surface area contributed by atoms with Gasteiger partial charge in [0.1, 0.15) is 0 Å². The second-order valence-electron chi connectivity index (χ2n) is 3.45. The highest BCUT2D eigenvalue weighted by molar-refractivity contribution is 5.86. The predicted molar refractivity (Wildman–Crippen MR) is 54.1 cm³/mol. The summed E-state index contributed by atoms with van der Waals surface area (Å²) in [6.45, 7) is 11.6. The molecule has 0 saturated heterocycles. The molecule has 1 atom stereocenters. The molecule has 1 radical (unpaired) electrons. The summed E-state index contributed by atoms with van der Waals surface area (Å²) < 4.78 is 4.94. The summed E-state index contributed by atoms with van der Waals surface area (Å²) in [6, 6.07) is 0. The number of hydrogen-bond acceptors (Lipinski definition) is 2. The average molecular weight is 183 g/mol. The molecule has 0 aromatic rings. The Morgan fingerprint density at radius 3 is 2.62 bits per heavy atom. The van der Waals surface area contributed by atoms with Crippen LogP contribution in [0.3, 0.4) is 0 Å². The molecule has 0 saturated carbocycles. The van der Waals surface area contributed by atoms with E-state index < -0.39 is 0 Å². The Morgan fingerprint density at radius 1 is 1.54 bits per heavy atom. The van der Waals surface area contributed by atoms with Crippen molar-refractivity contribution >= 4 is 5.97 Å². The Morgan fingerprint density at radius 2 is 2.15 bits per heavy atom. The third-order valence-electron chi connectivity index (χ3n) is 1.92. The van der Waals surface area contributed by atoms with E-state index in [4.69, 9.17) is 4.74 Å². The molecule has 0 aliphatic rings. The van der Waals surface area contributed by atoms with Gasteiger partial charge in [0.15, 0.2) is 0 Å². The first-order valence-electron chi connectivity index (χ1n) is 4.69. The maximum absolute atomic E-state index is 10.9. The molecule has 1 unspecified atom stereocenters. The summed E-state index contributed by atoms with van der Waals surface area (Å²) in [5.74, 6) is 0.325. The molecule has 0 aromatic carbocycles. The molecule has 0 N–H and O–H groups in total. The summed E-state index contributed by atoms with van der Waals surface area (Å²) in [6.07, 6.45) is 2.91. The maximum Gasteiger partial charge on any atom is 0.333 e. The Kier molecular flexibility index (Phi) is 6.29. The van der Waals surface area contributed by atoms with Crippen LogP contribution in [-0.4, -0.2) is 12.6 Å². The van der Waals surface area contributed by atoms with Crippen molar-refractivity contribution in [2.24, 2.45) is 5.92 Å². The first kappa shape index (κ1) is 12.2. The smallest absolute Gasteiger partial charge is 0.333 e. The largest absolute Gasteiger partial charge is 0.462 e. The highest BCUT2D eigenvalue weighted by Crippen LogP contribution is 2.08. The molecular weight excluding hydrogens is 164 g/mol. The molecule has 0 fully saturated rings. The van der Waals surface area contributed by atoms with Gasteiger partial charge >= 0.3 is 5.97 Å². The normalized spacial score (nSPS) is 12.2. The highest BCUT2D eigenvalue weighted by atomic mass is 16.5. The number of carbonyl (C=O) groups excluding carboxylic acids is 1. The fourth-order valence-electron chi connectivity index (χ4n) is 0.864. The van der Waals surface area contributed by atoms with Crippen molar-refractivity contribution in [1.29, 1.82) is 0 Å². The van der Waals surface area contributed by atoms with Crippen molar-refractivity contribution in [3.05, 3.63) is 19.1 Å². The molecule has 75 valence electrons. The number of ether oxygens (including phenoxy) is 1. The highest BCUT2D eigenvalue weighted by Gasteiger charge is 2.03. The van der Waals surface area contributed by atoms with Gasteiger partial charge in [0.25, 0.3) is 0 Å². The molecule has 0 rings (SSSR count). The SMILES string of the molecule is [CH2]CC(C)CCCOC(=O)C(=C)C. The van der Waals surface area contributed by atoms with Crippen LogP contribution in [0.4, 0.5) is 0 Å². The lowest BCUT2D eigenvalue weighted by molar-refractivity contribution is -0.139. The molecule has 2 heteroatoms. The van der Waals surface area contributed by atoms with E-state index in [0.29, 0.717) is 18.1 Å². The summed E-state index contributed by atoms with van der Waals surface area (Å²) >= 11 is 0. The van der Waals surface area contributed by atoms with Gasteiger partial charge in [-0.15, -0.1) is 0 Å². The van der Waals surface area contributed by atoms with E-state index in [9.17, 15) is 4.79 Å². The van der Waals surface area contributed by atoms with Gasteiger partial charge in [0.2, 0.25) is 0 Å². The van der Waals surface area contributed by atoms with E-state index >= 15 is 0 Å². The molecule has 0 aliphatic heterocycles. The second kappa shape index (κ2) is 6.70. The molecule has 13 heavy (non-hydrogen) atoms. The Bertz CT molecular complexity index is 173. The summed E-state index contributed by atoms with van der Waals surface area (Å²) in [5, 5.41) is 0. The number of esters is 1. The lowest BCUT2D eigenvalue weighted by atomic mass is 10.0. The first-order chi connectivity index (χ1) is 6.07. The van der Waals surface area contributed by atoms with Crippen LogP contribution in [0.1, 0.15) is 33.1 Å². The van der Waals surface area contributed by atoms with Crippen LogP contribution in [0.15, 0.2) is 12.2 Å². The summed E-state index contributed by atoms with van der Waals surface area (Å²) in [4.78, 5) is 10.9. The van der Waals surface area contributed by atoms with Gasteiger partial charge < -0.3 is 4.74 Å². The first-order valence-corrected chi connectivity index (χ1v) is 4.69. The van der Waals surface area contributed by atoms with E-state index in [1.165, 1.54) is 0 Å². The van der Waals surface area contributed by atoms with E-state index in [1.807, 2.05) is 0 Å². The quantitative estimate of drug-likeness (QED) is 0.359. The number of carbonyl (C=O) groups is 1. The molecule has 0 aliphatic carbocycles. The maximum atomic E-state index is 10.9. The second-order valence-corrected chi connectivity index (χ2v) is 3.45. The van der Waals surface area contributed by atoms with Crippen molar-refractivity contribution in [2.75, 3.05) is 6.61 Å². The minimum atomic E-state index is -0.290. The van der Waals surface area contributed by atoms with Gasteiger partial charge in [0.05, 0.1) is 6.61 Å². The van der Waals surface area contributed by atoms with Crippen molar-refractivity contribution in [3.63, 3.8) is 0 Å². The lowest BCUT2D eigenvalue weighted by Crippen LogP contribution is -2.07. The van der Waals surface area contributed by atoms with Crippen LogP contribution in [0.5, 0.6) is 0 Å². The zero-order valence-electron chi connectivity index (χ0n) is 8.64. The van der Waals surface area contributed by atoms with E-state index in [2.05, 4.69) is 20.4 Å². The number of rotatable bonds is 6. The Labute approximate surface area is 81.0 Å². The van der Waals surface area contributed by atoms with Crippen molar-refractivity contribution in [2.45, 2.75) is 33.1 Å². The minimum absolute atomic E-state index is 0.290. The van der Waals surface area contributed by atoms with Crippen LogP contribution in [0, 0.1) is 12.8 Å². The number of hydrogen-bond donors (Lipinski definition) is 0. The fraction of sp³-hybridized carbons (Fsp3) is 0.636. The molecular formula is C11H19O2. The molecule has 0 aromatic heterocycles. The topological polar surface area (TPSA) is 26.3 Å². The van der Waals surface area contributed by atoms with E-state index in [1.54, 1.807) is 6.92 Å². The van der Waals surface area contributed by atoms with Crippen molar-refractivity contribution < 1.29 is 9.53 Å². The third kappa shape index (κ3) is 6.38. The van der Waals surface area contributed by atoms with Gasteiger partial charge in [-0.1, -0.05) is 26.8 Å². The molecule has 0 amide bonds. The average Bonchev–Trinajstić information content (AvgIpc) is 2.11. The molecule has 0 heterocycles. The van der Waals surface area contributed by atoms with Crippen LogP contribution in [-0.2, 0) is 9.53 Å². The van der Waals surface area contributed by atoms with Crippen LogP contribution >= 0.6 is 0 Å². The minimum Gasteiger partial charge on any atom is -0.462 e. The van der Waals surface area contributed by atoms with Crippen molar-refractivity contribution in [3.8, 4) is 0 Å². The standard InChI is InChI=1S/C11H19O2/c1-5-10(4)7-6-8-13-11(12)9(2)3/h10H,1-2,5-8H2,3-4H3. The zero-order valence-corrected chi connectivity index (χ0v) is 8.64. The molecule has 0 spiro atoms. The van der Waals surface area contributed by atoms with Gasteiger partial charge in [-0.3, -0.25) is 0 Å². The lowest BCUT2D eigenvalue weighted by Gasteiger charge is -2.08. The van der Waals surface area contributed by atoms with E-state index in [-0.39, 0.29) is 5.97 Å². The van der Waals surface area contributed by atoms with Gasteiger partial charge in [0, 0.05) is 5.57 Å². The van der Waals surface area contributed by atoms with E-state index in [0.717, 1.165) is 19.3 Å². The van der Waals surface area contributed by atoms with Gasteiger partial charge in [-0.25, -0.2) is 4.79 Å². The third-order valence-corrected chi connectivity index (χ3v) is 1.92. The van der Waals surface area contributed by atoms with Crippen LogP contribution < -0.4 is 0 Å². The molecule has 2 nitrogen and oxygen atoms in total. The molecule has 0 bridgehead atoms. The Balaban J connectivity index is 3.36. The fourth-order valence-corrected chi connectivity index (χ4v) is 0.864. The van der Waals surface area contributed by atoms with Gasteiger partial charge in [-0.2, -0.15) is 0 Å². The summed E-state index contributed by atoms with van der Waals surface area (Å²) in [5.41, 5.74) is 0.463. The zero-order chi connectivity index (χ0) is 10.3. The van der Waals surface area contributed by atoms with Gasteiger partial charge in [-0.05, 0) is 25.7 Å².